The van der Waals surface area contributed by atoms with Gasteiger partial charge in [-0.3, -0.25) is 4.79 Å². The fourth-order valence-corrected chi connectivity index (χ4v) is 2.25. The van der Waals surface area contributed by atoms with Gasteiger partial charge < -0.3 is 14.6 Å². The molecule has 0 spiro atoms. The second-order valence-electron chi connectivity index (χ2n) is 5.34. The molecule has 0 heterocycles. The number of amides is 1. The largest absolute Gasteiger partial charge is 0.504 e. The highest BCUT2D eigenvalue weighted by molar-refractivity contribution is 6.30. The summed E-state index contributed by atoms with van der Waals surface area (Å²) in [6, 6.07) is 9.90. The molecule has 0 radical (unpaired) electrons. The zero-order chi connectivity index (χ0) is 18.4. The minimum atomic E-state index is -0.730. The summed E-state index contributed by atoms with van der Waals surface area (Å²) in [6.07, 6.45) is 0.714. The number of carbonyl (C=O) groups excluding carboxylic acids is 1. The van der Waals surface area contributed by atoms with E-state index in [9.17, 15) is 9.90 Å². The van der Waals surface area contributed by atoms with Gasteiger partial charge in [0, 0.05) is 5.02 Å². The summed E-state index contributed by atoms with van der Waals surface area (Å²) >= 11 is 5.90. The van der Waals surface area contributed by atoms with Gasteiger partial charge in [0.15, 0.2) is 17.6 Å². The molecular weight excluding hydrogens is 344 g/mol. The summed E-state index contributed by atoms with van der Waals surface area (Å²) < 4.78 is 10.6. The minimum absolute atomic E-state index is 0.0315. The van der Waals surface area contributed by atoms with Gasteiger partial charge in [-0.25, -0.2) is 5.43 Å². The number of phenols is 1. The van der Waals surface area contributed by atoms with Crippen molar-refractivity contribution in [1.29, 1.82) is 0 Å². The molecule has 1 amide bonds. The Hall–Kier alpha value is -2.73. The van der Waals surface area contributed by atoms with E-state index in [0.29, 0.717) is 22.1 Å². The van der Waals surface area contributed by atoms with Crippen molar-refractivity contribution in [2.45, 2.75) is 20.0 Å². The summed E-state index contributed by atoms with van der Waals surface area (Å²) in [6.45, 7) is 3.48. The van der Waals surface area contributed by atoms with Crippen LogP contribution in [0.3, 0.4) is 0 Å². The smallest absolute Gasteiger partial charge is 0.280 e. The van der Waals surface area contributed by atoms with Gasteiger partial charge in [0.1, 0.15) is 5.75 Å². The van der Waals surface area contributed by atoms with Gasteiger partial charge in [-0.15, -0.1) is 0 Å². The van der Waals surface area contributed by atoms with Crippen LogP contribution in [0.5, 0.6) is 17.2 Å². The van der Waals surface area contributed by atoms with Crippen molar-refractivity contribution >= 4 is 23.7 Å². The molecule has 2 aromatic carbocycles. The molecule has 132 valence electrons. The van der Waals surface area contributed by atoms with Gasteiger partial charge in [0.2, 0.25) is 0 Å². The third kappa shape index (κ3) is 5.12. The first-order chi connectivity index (χ1) is 11.9. The molecule has 1 atom stereocenters. The van der Waals surface area contributed by atoms with Gasteiger partial charge in [0.25, 0.3) is 5.91 Å². The lowest BCUT2D eigenvalue weighted by molar-refractivity contribution is -0.127. The maximum Gasteiger partial charge on any atom is 0.280 e. The van der Waals surface area contributed by atoms with Crippen LogP contribution in [0.1, 0.15) is 18.1 Å². The zero-order valence-electron chi connectivity index (χ0n) is 14.1. The molecule has 0 fully saturated rings. The van der Waals surface area contributed by atoms with Crippen LogP contribution in [0.2, 0.25) is 5.02 Å². The van der Waals surface area contributed by atoms with Gasteiger partial charge in [-0.2, -0.15) is 5.10 Å². The topological polar surface area (TPSA) is 80.2 Å². The van der Waals surface area contributed by atoms with Crippen molar-refractivity contribution in [3.05, 3.63) is 52.5 Å². The molecule has 6 nitrogen and oxygen atoms in total. The van der Waals surface area contributed by atoms with Gasteiger partial charge in [-0.05, 0) is 61.4 Å². The molecule has 0 bridgehead atoms. The van der Waals surface area contributed by atoms with E-state index in [-0.39, 0.29) is 5.75 Å². The molecule has 25 heavy (non-hydrogen) atoms. The molecule has 2 N–H and O–H groups in total. The Morgan fingerprint density at radius 2 is 2.04 bits per heavy atom. The number of hydrogen-bond donors (Lipinski definition) is 2. The normalized spacial score (nSPS) is 12.0. The number of hydrogen-bond acceptors (Lipinski definition) is 5. The van der Waals surface area contributed by atoms with Crippen LogP contribution >= 0.6 is 11.6 Å². The SMILES string of the molecule is COc1cc(/C=N/NC(=O)C(C)Oc2ccc(Cl)cc2C)ccc1O. The molecule has 7 heteroatoms. The van der Waals surface area contributed by atoms with Crippen LogP contribution in [0.25, 0.3) is 0 Å². The lowest BCUT2D eigenvalue weighted by atomic mass is 10.2. The maximum absolute atomic E-state index is 12.1. The number of ether oxygens (including phenoxy) is 2. The van der Waals surface area contributed by atoms with Crippen molar-refractivity contribution in [3.63, 3.8) is 0 Å². The molecule has 0 saturated heterocycles. The van der Waals surface area contributed by atoms with Crippen LogP contribution in [0, 0.1) is 6.92 Å². The first-order valence-electron chi connectivity index (χ1n) is 7.53. The molecule has 0 aliphatic carbocycles. The van der Waals surface area contributed by atoms with E-state index in [4.69, 9.17) is 21.1 Å². The monoisotopic (exact) mass is 362 g/mol. The van der Waals surface area contributed by atoms with E-state index in [1.807, 2.05) is 6.92 Å². The Morgan fingerprint density at radius 1 is 1.28 bits per heavy atom. The highest BCUT2D eigenvalue weighted by Gasteiger charge is 2.15. The average Bonchev–Trinajstić information content (AvgIpc) is 2.58. The number of methoxy groups -OCH3 is 1. The van der Waals surface area contributed by atoms with Crippen LogP contribution in [0.4, 0.5) is 0 Å². The van der Waals surface area contributed by atoms with E-state index < -0.39 is 12.0 Å². The number of nitrogens with one attached hydrogen (secondary N) is 1. The molecular formula is C18H19ClN2O4. The van der Waals surface area contributed by atoms with E-state index in [1.165, 1.54) is 19.4 Å². The Balaban J connectivity index is 1.94. The molecule has 2 aromatic rings. The van der Waals surface area contributed by atoms with Crippen molar-refractivity contribution in [2.75, 3.05) is 7.11 Å². The number of nitrogens with zero attached hydrogens (tertiary/aromatic N) is 1. The van der Waals surface area contributed by atoms with Crippen molar-refractivity contribution in [1.82, 2.24) is 5.43 Å². The molecule has 0 aliphatic rings. The molecule has 0 aromatic heterocycles. The fourth-order valence-electron chi connectivity index (χ4n) is 2.02. The number of aromatic hydroxyl groups is 1. The molecule has 0 aliphatic heterocycles. The number of benzene rings is 2. The highest BCUT2D eigenvalue weighted by Crippen LogP contribution is 2.25. The average molecular weight is 363 g/mol. The van der Waals surface area contributed by atoms with Crippen LogP contribution in [0.15, 0.2) is 41.5 Å². The Bertz CT molecular complexity index is 793. The second-order valence-corrected chi connectivity index (χ2v) is 5.77. The Morgan fingerprint density at radius 3 is 2.72 bits per heavy atom. The van der Waals surface area contributed by atoms with E-state index in [0.717, 1.165) is 5.56 Å². The predicted octanol–water partition coefficient (Wildman–Crippen LogP) is 3.28. The minimum Gasteiger partial charge on any atom is -0.504 e. The maximum atomic E-state index is 12.1. The predicted molar refractivity (Wildman–Crippen MR) is 96.7 cm³/mol. The van der Waals surface area contributed by atoms with Crippen molar-refractivity contribution in [3.8, 4) is 17.2 Å². The summed E-state index contributed by atoms with van der Waals surface area (Å²) in [5.41, 5.74) is 3.91. The summed E-state index contributed by atoms with van der Waals surface area (Å²) in [5.74, 6) is 0.546. The van der Waals surface area contributed by atoms with E-state index in [1.54, 1.807) is 37.3 Å². The lowest BCUT2D eigenvalue weighted by Gasteiger charge is -2.14. The summed E-state index contributed by atoms with van der Waals surface area (Å²) in [4.78, 5) is 12.1. The quantitative estimate of drug-likeness (QED) is 0.610. The number of phenolic OH excluding ortho intramolecular Hbond substituents is 1. The van der Waals surface area contributed by atoms with Gasteiger partial charge in [0.05, 0.1) is 13.3 Å². The van der Waals surface area contributed by atoms with Crippen molar-refractivity contribution in [2.24, 2.45) is 5.10 Å². The van der Waals surface area contributed by atoms with Gasteiger partial charge in [-0.1, -0.05) is 11.6 Å². The third-order valence-corrected chi connectivity index (χ3v) is 3.64. The van der Waals surface area contributed by atoms with E-state index >= 15 is 0 Å². The second kappa shape index (κ2) is 8.39. The standard InChI is InChI=1S/C18H19ClN2O4/c1-11-8-14(19)5-7-16(11)25-12(2)18(23)21-20-10-13-4-6-15(22)17(9-13)24-3/h4-10,12,22H,1-3H3,(H,21,23)/b20-10+. The molecule has 1 unspecified atom stereocenters. The number of hydrazone groups is 1. The zero-order valence-corrected chi connectivity index (χ0v) is 14.9. The first kappa shape index (κ1) is 18.6. The fraction of sp³-hybridized carbons (Fsp3) is 0.222. The van der Waals surface area contributed by atoms with E-state index in [2.05, 4.69) is 10.5 Å². The highest BCUT2D eigenvalue weighted by atomic mass is 35.5. The Kier molecular flexibility index (Phi) is 6.25. The third-order valence-electron chi connectivity index (χ3n) is 3.40. The Labute approximate surface area is 151 Å². The first-order valence-corrected chi connectivity index (χ1v) is 7.91. The number of rotatable bonds is 6. The lowest BCUT2D eigenvalue weighted by Crippen LogP contribution is -2.33. The number of halogens is 1. The van der Waals surface area contributed by atoms with Gasteiger partial charge >= 0.3 is 0 Å². The molecule has 0 saturated carbocycles. The van der Waals surface area contributed by atoms with Crippen LogP contribution in [-0.4, -0.2) is 30.4 Å². The van der Waals surface area contributed by atoms with Crippen molar-refractivity contribution < 1.29 is 19.4 Å². The molecule has 2 rings (SSSR count). The number of carbonyl (C=O) groups is 1. The summed E-state index contributed by atoms with van der Waals surface area (Å²) in [5, 5.41) is 14.0. The summed E-state index contributed by atoms with van der Waals surface area (Å²) in [7, 11) is 1.45. The van der Waals surface area contributed by atoms with Crippen LogP contribution < -0.4 is 14.9 Å². The van der Waals surface area contributed by atoms with Crippen LogP contribution in [-0.2, 0) is 4.79 Å². The number of aryl methyl sites for hydroxylation is 1.